The van der Waals surface area contributed by atoms with E-state index in [-0.39, 0.29) is 11.8 Å². The van der Waals surface area contributed by atoms with E-state index < -0.39 is 0 Å². The zero-order valence-corrected chi connectivity index (χ0v) is 13.1. The molecule has 3 atom stereocenters. The van der Waals surface area contributed by atoms with Gasteiger partial charge in [0.2, 0.25) is 5.91 Å². The quantitative estimate of drug-likeness (QED) is 0.893. The lowest BCUT2D eigenvalue weighted by atomic mass is 9.67. The lowest BCUT2D eigenvalue weighted by molar-refractivity contribution is -0.122. The van der Waals surface area contributed by atoms with Crippen LogP contribution in [-0.2, 0) is 4.79 Å². The maximum Gasteiger partial charge on any atom is 0.228 e. The first kappa shape index (κ1) is 14.0. The van der Waals surface area contributed by atoms with Crippen LogP contribution in [0.1, 0.15) is 44.9 Å². The van der Waals surface area contributed by atoms with Crippen LogP contribution in [0.25, 0.3) is 0 Å². The maximum absolute atomic E-state index is 12.3. The highest BCUT2D eigenvalue weighted by Crippen LogP contribution is 2.42. The Morgan fingerprint density at radius 3 is 2.65 bits per heavy atom. The average molecular weight is 338 g/mol. The number of aromatic nitrogens is 2. The number of amides is 1. The third kappa shape index (κ3) is 3.19. The zero-order valence-electron chi connectivity index (χ0n) is 11.5. The molecule has 1 aromatic rings. The molecule has 2 saturated carbocycles. The molecule has 0 bridgehead atoms. The van der Waals surface area contributed by atoms with Crippen molar-refractivity contribution < 1.29 is 4.79 Å². The minimum atomic E-state index is 0.116. The Labute approximate surface area is 127 Å². The molecule has 0 aliphatic heterocycles. The third-order valence-corrected chi connectivity index (χ3v) is 5.19. The zero-order chi connectivity index (χ0) is 13.9. The van der Waals surface area contributed by atoms with E-state index in [2.05, 4.69) is 31.2 Å². The summed E-state index contributed by atoms with van der Waals surface area (Å²) in [6.07, 6.45) is 11.9. The number of hydrogen-bond acceptors (Lipinski definition) is 3. The highest BCUT2D eigenvalue weighted by Gasteiger charge is 2.35. The van der Waals surface area contributed by atoms with Crippen LogP contribution in [0.4, 0.5) is 5.82 Å². The van der Waals surface area contributed by atoms with E-state index in [1.54, 1.807) is 12.4 Å². The normalized spacial score (nSPS) is 29.6. The van der Waals surface area contributed by atoms with Crippen LogP contribution in [0.5, 0.6) is 0 Å². The Hall–Kier alpha value is -0.970. The van der Waals surface area contributed by atoms with E-state index in [0.717, 1.165) is 24.7 Å². The third-order valence-electron chi connectivity index (χ3n) is 4.78. The number of rotatable bonds is 2. The van der Waals surface area contributed by atoms with Gasteiger partial charge in [-0.25, -0.2) is 9.97 Å². The number of hydrogen-bond donors (Lipinski definition) is 1. The van der Waals surface area contributed by atoms with E-state index in [1.807, 2.05) is 0 Å². The number of halogens is 1. The van der Waals surface area contributed by atoms with Crippen LogP contribution in [0.2, 0.25) is 0 Å². The highest BCUT2D eigenvalue weighted by molar-refractivity contribution is 9.10. The number of nitrogens with one attached hydrogen (secondary N) is 1. The number of nitrogens with zero attached hydrogens (tertiary/aromatic N) is 2. The average Bonchev–Trinajstić information content (AvgIpc) is 2.49. The maximum atomic E-state index is 12.3. The van der Waals surface area contributed by atoms with Crippen LogP contribution >= 0.6 is 15.9 Å². The molecule has 2 aliphatic rings. The molecule has 1 heterocycles. The summed E-state index contributed by atoms with van der Waals surface area (Å²) in [6, 6.07) is 0. The Bertz CT molecular complexity index is 477. The van der Waals surface area contributed by atoms with Crippen molar-refractivity contribution in [2.75, 3.05) is 5.32 Å². The summed E-state index contributed by atoms with van der Waals surface area (Å²) in [4.78, 5) is 20.6. The van der Waals surface area contributed by atoms with Gasteiger partial charge in [-0.2, -0.15) is 0 Å². The van der Waals surface area contributed by atoms with E-state index in [4.69, 9.17) is 0 Å². The summed E-state index contributed by atoms with van der Waals surface area (Å²) in [7, 11) is 0. The van der Waals surface area contributed by atoms with Gasteiger partial charge in [0.15, 0.2) is 5.82 Å². The molecule has 108 valence electrons. The van der Waals surface area contributed by atoms with E-state index in [1.165, 1.54) is 32.1 Å². The van der Waals surface area contributed by atoms with Gasteiger partial charge in [-0.3, -0.25) is 4.79 Å². The van der Waals surface area contributed by atoms with Crippen LogP contribution in [-0.4, -0.2) is 15.9 Å². The summed E-state index contributed by atoms with van der Waals surface area (Å²) in [5.74, 6) is 2.46. The smallest absolute Gasteiger partial charge is 0.228 e. The Morgan fingerprint density at radius 2 is 1.90 bits per heavy atom. The topological polar surface area (TPSA) is 54.9 Å². The molecule has 1 N–H and O–H groups in total. The fourth-order valence-electron chi connectivity index (χ4n) is 3.72. The molecule has 2 aliphatic carbocycles. The van der Waals surface area contributed by atoms with Crippen molar-refractivity contribution in [3.05, 3.63) is 17.0 Å². The highest BCUT2D eigenvalue weighted by atomic mass is 79.9. The lowest BCUT2D eigenvalue weighted by Gasteiger charge is -2.38. The van der Waals surface area contributed by atoms with Gasteiger partial charge in [-0.15, -0.1) is 0 Å². The number of anilines is 1. The van der Waals surface area contributed by atoms with Crippen LogP contribution in [0.3, 0.4) is 0 Å². The van der Waals surface area contributed by atoms with Crippen molar-refractivity contribution >= 4 is 27.7 Å². The molecule has 3 unspecified atom stereocenters. The van der Waals surface area contributed by atoms with Crippen LogP contribution < -0.4 is 5.32 Å². The molecule has 4 nitrogen and oxygen atoms in total. The molecule has 1 amide bonds. The van der Waals surface area contributed by atoms with Crippen molar-refractivity contribution in [3.63, 3.8) is 0 Å². The summed E-state index contributed by atoms with van der Waals surface area (Å²) < 4.78 is 0.679. The lowest BCUT2D eigenvalue weighted by Crippen LogP contribution is -2.34. The second kappa shape index (κ2) is 6.20. The summed E-state index contributed by atoms with van der Waals surface area (Å²) >= 11 is 3.24. The van der Waals surface area contributed by atoms with Gasteiger partial charge in [0.05, 0.1) is 12.4 Å². The van der Waals surface area contributed by atoms with Gasteiger partial charge in [0, 0.05) is 5.92 Å². The SMILES string of the molecule is O=C(Nc1cnc(Br)cn1)C1CCC2CCCCC2C1. The molecule has 0 saturated heterocycles. The first-order valence-electron chi connectivity index (χ1n) is 7.51. The Morgan fingerprint density at radius 1 is 1.10 bits per heavy atom. The second-order valence-corrected chi connectivity index (χ2v) is 6.84. The van der Waals surface area contributed by atoms with Crippen molar-refractivity contribution in [2.45, 2.75) is 44.9 Å². The van der Waals surface area contributed by atoms with Crippen molar-refractivity contribution in [1.29, 1.82) is 0 Å². The molecule has 0 radical (unpaired) electrons. The molecule has 3 rings (SSSR count). The van der Waals surface area contributed by atoms with Gasteiger partial charge >= 0.3 is 0 Å². The Kier molecular flexibility index (Phi) is 4.34. The number of fused-ring (bicyclic) bond motifs is 1. The van der Waals surface area contributed by atoms with E-state index in [0.29, 0.717) is 10.4 Å². The summed E-state index contributed by atoms with van der Waals surface area (Å²) in [5.41, 5.74) is 0. The first-order valence-corrected chi connectivity index (χ1v) is 8.30. The first-order chi connectivity index (χ1) is 9.72. The molecule has 0 spiro atoms. The number of carbonyl (C=O) groups is 1. The minimum Gasteiger partial charge on any atom is -0.309 e. The van der Waals surface area contributed by atoms with Gasteiger partial charge in [0.1, 0.15) is 4.60 Å². The molecule has 1 aromatic heterocycles. The molecule has 20 heavy (non-hydrogen) atoms. The summed E-state index contributed by atoms with van der Waals surface area (Å²) in [6.45, 7) is 0. The predicted molar refractivity (Wildman–Crippen MR) is 81.2 cm³/mol. The Balaban J connectivity index is 1.58. The van der Waals surface area contributed by atoms with Gasteiger partial charge < -0.3 is 5.32 Å². The summed E-state index contributed by atoms with van der Waals surface area (Å²) in [5, 5.41) is 2.90. The van der Waals surface area contributed by atoms with Gasteiger partial charge in [-0.05, 0) is 47.0 Å². The predicted octanol–water partition coefficient (Wildman–Crippen LogP) is 3.78. The van der Waals surface area contributed by atoms with E-state index in [9.17, 15) is 4.79 Å². The molecular weight excluding hydrogens is 318 g/mol. The largest absolute Gasteiger partial charge is 0.309 e. The fourth-order valence-corrected chi connectivity index (χ4v) is 3.92. The van der Waals surface area contributed by atoms with Crippen molar-refractivity contribution in [2.24, 2.45) is 17.8 Å². The minimum absolute atomic E-state index is 0.116. The second-order valence-electron chi connectivity index (χ2n) is 6.03. The van der Waals surface area contributed by atoms with Gasteiger partial charge in [0.25, 0.3) is 0 Å². The monoisotopic (exact) mass is 337 g/mol. The van der Waals surface area contributed by atoms with Gasteiger partial charge in [-0.1, -0.05) is 25.7 Å². The van der Waals surface area contributed by atoms with Crippen LogP contribution in [0.15, 0.2) is 17.0 Å². The molecule has 0 aromatic carbocycles. The van der Waals surface area contributed by atoms with Crippen molar-refractivity contribution in [1.82, 2.24) is 9.97 Å². The molecule has 5 heteroatoms. The molecular formula is C15H20BrN3O. The fraction of sp³-hybridized carbons (Fsp3) is 0.667. The van der Waals surface area contributed by atoms with Crippen molar-refractivity contribution in [3.8, 4) is 0 Å². The number of carbonyl (C=O) groups excluding carboxylic acids is 1. The standard InChI is InChI=1S/C15H20BrN3O/c16-13-8-18-14(9-17-13)19-15(20)12-6-5-10-3-1-2-4-11(10)7-12/h8-12H,1-7H2,(H,18,19,20). The molecule has 2 fully saturated rings. The van der Waals surface area contributed by atoms with E-state index >= 15 is 0 Å². The van der Waals surface area contributed by atoms with Crippen LogP contribution in [0, 0.1) is 17.8 Å².